The molecule has 3 aromatic carbocycles. The number of hydrogen-bond acceptors (Lipinski definition) is 8. The van der Waals surface area contributed by atoms with Crippen molar-refractivity contribution in [3.63, 3.8) is 0 Å². The minimum absolute atomic E-state index is 0.0974. The third-order valence-electron chi connectivity index (χ3n) is 7.44. The van der Waals surface area contributed by atoms with Crippen molar-refractivity contribution >= 4 is 23.9 Å². The number of hydrogen-bond donors (Lipinski definition) is 2. The number of rotatable bonds is 20. The summed E-state index contributed by atoms with van der Waals surface area (Å²) in [6.07, 6.45) is 2.81. The molecular weight excluding hydrogens is 570 g/mol. The fraction of sp³-hybridized carbons (Fsp3) is 0.417. The summed E-state index contributed by atoms with van der Waals surface area (Å²) in [7, 11) is 0. The van der Waals surface area contributed by atoms with E-state index in [0.717, 1.165) is 43.3 Å². The molecule has 0 saturated heterocycles. The van der Waals surface area contributed by atoms with Gasteiger partial charge in [-0.3, -0.25) is 4.79 Å². The largest absolute Gasteiger partial charge is 0.491 e. The van der Waals surface area contributed by atoms with Crippen LogP contribution in [0.15, 0.2) is 72.8 Å². The highest BCUT2D eigenvalue weighted by molar-refractivity contribution is 5.91. The van der Waals surface area contributed by atoms with Crippen LogP contribution in [-0.2, 0) is 27.4 Å². The van der Waals surface area contributed by atoms with Crippen LogP contribution in [0.3, 0.4) is 0 Å². The van der Waals surface area contributed by atoms with Gasteiger partial charge in [-0.2, -0.15) is 0 Å². The van der Waals surface area contributed by atoms with Crippen LogP contribution >= 0.6 is 0 Å². The molecule has 0 aliphatic rings. The van der Waals surface area contributed by atoms with Crippen LogP contribution in [0.4, 0.5) is 5.69 Å². The van der Waals surface area contributed by atoms with E-state index < -0.39 is 11.5 Å². The van der Waals surface area contributed by atoms with Crippen LogP contribution in [0.2, 0.25) is 0 Å². The van der Waals surface area contributed by atoms with Crippen molar-refractivity contribution < 1.29 is 28.6 Å². The van der Waals surface area contributed by atoms with Gasteiger partial charge < -0.3 is 34.5 Å². The lowest BCUT2D eigenvalue weighted by Gasteiger charge is -2.30. The number of unbranched alkanes of at least 4 members (excludes halogenated alkanes) is 1. The van der Waals surface area contributed by atoms with E-state index in [0.29, 0.717) is 49.1 Å². The zero-order valence-corrected chi connectivity index (χ0v) is 27.0. The summed E-state index contributed by atoms with van der Waals surface area (Å²) in [4.78, 5) is 39.8. The molecular formula is C36H47N3O6. The van der Waals surface area contributed by atoms with Gasteiger partial charge in [-0.1, -0.05) is 69.7 Å². The quantitative estimate of drug-likeness (QED) is 0.0949. The van der Waals surface area contributed by atoms with Crippen molar-refractivity contribution in [3.05, 3.63) is 89.5 Å². The van der Waals surface area contributed by atoms with Gasteiger partial charge in [0, 0.05) is 26.4 Å². The van der Waals surface area contributed by atoms with E-state index in [1.54, 1.807) is 18.2 Å². The molecule has 0 unspecified atom stereocenters. The minimum Gasteiger partial charge on any atom is -0.491 e. The summed E-state index contributed by atoms with van der Waals surface area (Å²) in [5.74, 6) is 0.432. The smallest absolute Gasteiger partial charge is 0.338 e. The van der Waals surface area contributed by atoms with Gasteiger partial charge >= 0.3 is 5.97 Å². The van der Waals surface area contributed by atoms with Gasteiger partial charge in [0.1, 0.15) is 36.5 Å². The second kappa shape index (κ2) is 18.4. The molecule has 9 nitrogen and oxygen atoms in total. The Bertz CT molecular complexity index is 1340. The second-order valence-corrected chi connectivity index (χ2v) is 11.0. The number of carbonyl (C=O) groups excluding carboxylic acids is 3. The molecule has 0 bridgehead atoms. The molecule has 0 spiro atoms. The van der Waals surface area contributed by atoms with E-state index in [2.05, 4.69) is 36.3 Å². The standard InChI is InChI=1S/C36H47N3O6/c1-5-8-21-43-34-23-31(35(42)44-22-20-39(6-2)7-3)16-19-33(34)37-26-36(27-40,38-28(4)41)24-29-14-17-32(18-15-29)45-25-30-12-10-9-11-13-30/h9-19,23,27,37H,5-8,20-22,24-26H2,1-4H3,(H,38,41)/t36-/m0/s1. The third-order valence-corrected chi connectivity index (χ3v) is 7.44. The summed E-state index contributed by atoms with van der Waals surface area (Å²) < 4.78 is 17.5. The highest BCUT2D eigenvalue weighted by Gasteiger charge is 2.31. The molecule has 0 aliphatic carbocycles. The normalized spacial score (nSPS) is 12.2. The highest BCUT2D eigenvalue weighted by Crippen LogP contribution is 2.28. The molecule has 1 amide bonds. The maximum atomic E-state index is 12.8. The van der Waals surface area contributed by atoms with E-state index >= 15 is 0 Å². The second-order valence-electron chi connectivity index (χ2n) is 11.0. The fourth-order valence-corrected chi connectivity index (χ4v) is 4.81. The third kappa shape index (κ3) is 11.6. The molecule has 0 heterocycles. The number of nitrogens with zero attached hydrogens (tertiary/aromatic N) is 1. The van der Waals surface area contributed by atoms with Crippen molar-refractivity contribution in [1.82, 2.24) is 10.2 Å². The summed E-state index contributed by atoms with van der Waals surface area (Å²) in [6.45, 7) is 11.3. The number of esters is 1. The van der Waals surface area contributed by atoms with E-state index in [1.807, 2.05) is 54.6 Å². The van der Waals surface area contributed by atoms with Crippen LogP contribution in [0.5, 0.6) is 11.5 Å². The maximum absolute atomic E-state index is 12.8. The Labute approximate surface area is 267 Å². The number of aldehydes is 1. The average molecular weight is 618 g/mol. The lowest BCUT2D eigenvalue weighted by atomic mass is 9.91. The van der Waals surface area contributed by atoms with Crippen molar-refractivity contribution in [1.29, 1.82) is 0 Å². The lowest BCUT2D eigenvalue weighted by molar-refractivity contribution is -0.124. The van der Waals surface area contributed by atoms with Gasteiger partial charge in [-0.25, -0.2) is 4.79 Å². The minimum atomic E-state index is -1.24. The van der Waals surface area contributed by atoms with Crippen molar-refractivity contribution in [2.75, 3.05) is 44.7 Å². The first-order chi connectivity index (χ1) is 21.8. The first-order valence-electron chi connectivity index (χ1n) is 15.7. The van der Waals surface area contributed by atoms with E-state index in [9.17, 15) is 14.4 Å². The van der Waals surface area contributed by atoms with Gasteiger partial charge in [0.2, 0.25) is 5.91 Å². The Hall–Kier alpha value is -4.37. The van der Waals surface area contributed by atoms with Crippen molar-refractivity contribution in [3.8, 4) is 11.5 Å². The number of ether oxygens (including phenoxy) is 3. The molecule has 3 rings (SSSR count). The maximum Gasteiger partial charge on any atom is 0.338 e. The molecule has 3 aromatic rings. The first kappa shape index (κ1) is 35.1. The lowest BCUT2D eigenvalue weighted by Crippen LogP contribution is -2.55. The van der Waals surface area contributed by atoms with E-state index in [1.165, 1.54) is 6.92 Å². The predicted molar refractivity (Wildman–Crippen MR) is 177 cm³/mol. The topological polar surface area (TPSA) is 106 Å². The van der Waals surface area contributed by atoms with Gasteiger partial charge in [-0.15, -0.1) is 0 Å². The molecule has 0 aromatic heterocycles. The molecule has 9 heteroatoms. The van der Waals surface area contributed by atoms with Crippen LogP contribution in [0.25, 0.3) is 0 Å². The van der Waals surface area contributed by atoms with E-state index in [4.69, 9.17) is 14.2 Å². The Kier molecular flexibility index (Phi) is 14.4. The molecule has 242 valence electrons. The Balaban J connectivity index is 1.72. The summed E-state index contributed by atoms with van der Waals surface area (Å²) >= 11 is 0. The van der Waals surface area contributed by atoms with Gasteiger partial charge in [-0.05, 0) is 61.0 Å². The monoisotopic (exact) mass is 617 g/mol. The first-order valence-corrected chi connectivity index (χ1v) is 15.7. The molecule has 1 atom stereocenters. The van der Waals surface area contributed by atoms with Crippen LogP contribution in [0.1, 0.15) is 62.0 Å². The fourth-order valence-electron chi connectivity index (χ4n) is 4.81. The SMILES string of the molecule is CCCCOc1cc(C(=O)OCCN(CC)CC)ccc1NC[C@](C=O)(Cc1ccc(OCc2ccccc2)cc1)NC(C)=O. The zero-order chi connectivity index (χ0) is 32.5. The Morgan fingerprint density at radius 1 is 0.889 bits per heavy atom. The number of carbonyl (C=O) groups is 3. The Morgan fingerprint density at radius 2 is 1.62 bits per heavy atom. The Morgan fingerprint density at radius 3 is 2.27 bits per heavy atom. The molecule has 2 N–H and O–H groups in total. The molecule has 0 saturated carbocycles. The van der Waals surface area contributed by atoms with Crippen LogP contribution in [-0.4, -0.2) is 68.0 Å². The van der Waals surface area contributed by atoms with Gasteiger partial charge in [0.25, 0.3) is 0 Å². The highest BCUT2D eigenvalue weighted by atomic mass is 16.5. The predicted octanol–water partition coefficient (Wildman–Crippen LogP) is 5.67. The summed E-state index contributed by atoms with van der Waals surface area (Å²) in [5.41, 5.74) is 1.67. The van der Waals surface area contributed by atoms with Crippen molar-refractivity contribution in [2.45, 2.75) is 59.1 Å². The molecule has 0 fully saturated rings. The number of likely N-dealkylation sites (N-methyl/N-ethyl adjacent to an activating group) is 1. The number of anilines is 1. The van der Waals surface area contributed by atoms with Gasteiger partial charge in [0.05, 0.1) is 17.9 Å². The summed E-state index contributed by atoms with van der Waals surface area (Å²) in [5, 5.41) is 6.14. The molecule has 0 radical (unpaired) electrons. The molecule has 0 aliphatic heterocycles. The summed E-state index contributed by atoms with van der Waals surface area (Å²) in [6, 6.07) is 22.5. The molecule has 45 heavy (non-hydrogen) atoms. The van der Waals surface area contributed by atoms with Gasteiger partial charge in [0.15, 0.2) is 0 Å². The number of amides is 1. The average Bonchev–Trinajstić information content (AvgIpc) is 3.06. The number of benzene rings is 3. The van der Waals surface area contributed by atoms with Crippen molar-refractivity contribution in [2.24, 2.45) is 0 Å². The zero-order valence-electron chi connectivity index (χ0n) is 27.0. The number of nitrogens with one attached hydrogen (secondary N) is 2. The van der Waals surface area contributed by atoms with Crippen LogP contribution < -0.4 is 20.1 Å². The van der Waals surface area contributed by atoms with E-state index in [-0.39, 0.29) is 18.9 Å². The van der Waals surface area contributed by atoms with Crippen LogP contribution in [0, 0.1) is 0 Å².